The van der Waals surface area contributed by atoms with E-state index in [0.717, 1.165) is 5.46 Å². The Bertz CT molecular complexity index is 662. The molecule has 0 saturated carbocycles. The first-order chi connectivity index (χ1) is 14.2. The molecule has 0 spiro atoms. The first-order valence-electron chi connectivity index (χ1n) is 11.7. The van der Waals surface area contributed by atoms with Crippen LogP contribution in [0.5, 0.6) is 0 Å². The largest absolute Gasteiger partial charge is 0.494 e. The third-order valence-electron chi connectivity index (χ3n) is 5.02. The van der Waals surface area contributed by atoms with Crippen molar-refractivity contribution in [3.63, 3.8) is 0 Å². The standard InChI is InChI=1S/C18H21BO2.C4H10.C3H8.C2H6/c1-17(2)18(3,4)21-19(20-17)16-12-8-11-15(13-16)14-9-6-5-7-10-14;1-3-4-2;1-3-2;1-2/h5-13H,1-4H3;3-4H2,1-2H3;3H2,1-2H3;1-2H3. The van der Waals surface area contributed by atoms with E-state index in [1.54, 1.807) is 0 Å². The van der Waals surface area contributed by atoms with Gasteiger partial charge in [-0.2, -0.15) is 0 Å². The van der Waals surface area contributed by atoms with Crippen molar-refractivity contribution in [3.8, 4) is 11.1 Å². The Hall–Kier alpha value is -1.58. The Morgan fingerprint density at radius 2 is 1.10 bits per heavy atom. The van der Waals surface area contributed by atoms with Gasteiger partial charge in [0.2, 0.25) is 0 Å². The minimum Gasteiger partial charge on any atom is -0.399 e. The predicted octanol–water partition coefficient (Wildman–Crippen LogP) is 7.90. The van der Waals surface area contributed by atoms with E-state index in [-0.39, 0.29) is 18.3 Å². The lowest BCUT2D eigenvalue weighted by molar-refractivity contribution is 0.00578. The van der Waals surface area contributed by atoms with Crippen LogP contribution in [-0.4, -0.2) is 18.3 Å². The minimum absolute atomic E-state index is 0.305. The van der Waals surface area contributed by atoms with Gasteiger partial charge in [-0.05, 0) is 44.3 Å². The summed E-state index contributed by atoms with van der Waals surface area (Å²) in [7, 11) is -0.307. The highest BCUT2D eigenvalue weighted by atomic mass is 16.7. The number of hydrogen-bond acceptors (Lipinski definition) is 2. The van der Waals surface area contributed by atoms with Crippen molar-refractivity contribution in [1.82, 2.24) is 0 Å². The second-order valence-electron chi connectivity index (χ2n) is 8.29. The number of hydrogen-bond donors (Lipinski definition) is 0. The normalized spacial score (nSPS) is 15.6. The van der Waals surface area contributed by atoms with Crippen LogP contribution in [0.3, 0.4) is 0 Å². The zero-order chi connectivity index (χ0) is 23.2. The van der Waals surface area contributed by atoms with Gasteiger partial charge in [0.05, 0.1) is 11.2 Å². The maximum Gasteiger partial charge on any atom is 0.494 e. The van der Waals surface area contributed by atoms with Crippen molar-refractivity contribution < 1.29 is 9.31 Å². The molecular formula is C27H45BO2. The van der Waals surface area contributed by atoms with Gasteiger partial charge in [0.1, 0.15) is 0 Å². The number of rotatable bonds is 3. The fourth-order valence-corrected chi connectivity index (χ4v) is 2.47. The molecule has 0 aliphatic carbocycles. The van der Waals surface area contributed by atoms with Crippen LogP contribution in [0, 0.1) is 0 Å². The van der Waals surface area contributed by atoms with Crippen molar-refractivity contribution in [1.29, 1.82) is 0 Å². The van der Waals surface area contributed by atoms with Crippen molar-refractivity contribution in [3.05, 3.63) is 54.6 Å². The van der Waals surface area contributed by atoms with E-state index in [4.69, 9.17) is 9.31 Å². The van der Waals surface area contributed by atoms with Crippen LogP contribution in [0.1, 0.15) is 88.5 Å². The maximum absolute atomic E-state index is 6.12. The van der Waals surface area contributed by atoms with Gasteiger partial charge in [0.15, 0.2) is 0 Å². The monoisotopic (exact) mass is 412 g/mol. The van der Waals surface area contributed by atoms with Crippen LogP contribution in [0.4, 0.5) is 0 Å². The average Bonchev–Trinajstić information content (AvgIpc) is 2.98. The molecule has 2 aromatic rings. The van der Waals surface area contributed by atoms with E-state index >= 15 is 0 Å². The Kier molecular flexibility index (Phi) is 13.7. The average molecular weight is 412 g/mol. The molecular weight excluding hydrogens is 367 g/mol. The summed E-state index contributed by atoms with van der Waals surface area (Å²) in [6.45, 7) is 20.9. The van der Waals surface area contributed by atoms with Crippen molar-refractivity contribution in [2.24, 2.45) is 0 Å². The lowest BCUT2D eigenvalue weighted by atomic mass is 9.78. The molecule has 1 heterocycles. The van der Waals surface area contributed by atoms with Crippen LogP contribution in [0.25, 0.3) is 11.1 Å². The number of unbranched alkanes of at least 4 members (excludes halogenated alkanes) is 1. The highest BCUT2D eigenvalue weighted by Gasteiger charge is 2.51. The zero-order valence-electron chi connectivity index (χ0n) is 21.2. The summed E-state index contributed by atoms with van der Waals surface area (Å²) in [5, 5.41) is 0. The molecule has 0 N–H and O–H groups in total. The maximum atomic E-state index is 6.12. The van der Waals surface area contributed by atoms with Crippen LogP contribution >= 0.6 is 0 Å². The van der Waals surface area contributed by atoms with E-state index < -0.39 is 0 Å². The fourth-order valence-electron chi connectivity index (χ4n) is 2.47. The van der Waals surface area contributed by atoms with Crippen molar-refractivity contribution >= 4 is 12.6 Å². The van der Waals surface area contributed by atoms with Gasteiger partial charge in [0, 0.05) is 0 Å². The van der Waals surface area contributed by atoms with E-state index in [9.17, 15) is 0 Å². The number of benzene rings is 2. The molecule has 30 heavy (non-hydrogen) atoms. The second-order valence-corrected chi connectivity index (χ2v) is 8.29. The van der Waals surface area contributed by atoms with Crippen LogP contribution in [0.2, 0.25) is 0 Å². The third-order valence-corrected chi connectivity index (χ3v) is 5.02. The Morgan fingerprint density at radius 3 is 1.53 bits per heavy atom. The molecule has 1 aliphatic rings. The van der Waals surface area contributed by atoms with Gasteiger partial charge < -0.3 is 9.31 Å². The van der Waals surface area contributed by atoms with E-state index in [1.165, 1.54) is 30.4 Å². The van der Waals surface area contributed by atoms with E-state index in [0.29, 0.717) is 0 Å². The molecule has 168 valence electrons. The fraction of sp³-hybridized carbons (Fsp3) is 0.556. The van der Waals surface area contributed by atoms with Gasteiger partial charge in [-0.1, -0.05) is 115 Å². The summed E-state index contributed by atoms with van der Waals surface area (Å²) < 4.78 is 12.2. The summed E-state index contributed by atoms with van der Waals surface area (Å²) in [5.41, 5.74) is 2.84. The summed E-state index contributed by atoms with van der Waals surface area (Å²) in [5.74, 6) is 0. The van der Waals surface area contributed by atoms with Gasteiger partial charge in [-0.25, -0.2) is 0 Å². The zero-order valence-corrected chi connectivity index (χ0v) is 21.2. The van der Waals surface area contributed by atoms with Crippen molar-refractivity contribution in [2.75, 3.05) is 0 Å². The molecule has 3 rings (SSSR count). The topological polar surface area (TPSA) is 18.5 Å². The van der Waals surface area contributed by atoms with Crippen LogP contribution in [0.15, 0.2) is 54.6 Å². The summed E-state index contributed by atoms with van der Waals surface area (Å²) >= 11 is 0. The first-order valence-corrected chi connectivity index (χ1v) is 11.7. The van der Waals surface area contributed by atoms with Gasteiger partial charge >= 0.3 is 7.12 Å². The predicted molar refractivity (Wildman–Crippen MR) is 135 cm³/mol. The van der Waals surface area contributed by atoms with Crippen LogP contribution < -0.4 is 5.46 Å². The van der Waals surface area contributed by atoms with Gasteiger partial charge in [0.25, 0.3) is 0 Å². The molecule has 0 aromatic heterocycles. The summed E-state index contributed by atoms with van der Waals surface area (Å²) in [6, 6.07) is 18.8. The molecule has 0 radical (unpaired) electrons. The highest BCUT2D eigenvalue weighted by molar-refractivity contribution is 6.62. The molecule has 0 amide bonds. The molecule has 2 nitrogen and oxygen atoms in total. The lowest BCUT2D eigenvalue weighted by Gasteiger charge is -2.32. The Balaban J connectivity index is 0.000000806. The van der Waals surface area contributed by atoms with E-state index in [2.05, 4.69) is 104 Å². The Labute approximate surface area is 187 Å². The Morgan fingerprint density at radius 1 is 0.667 bits per heavy atom. The van der Waals surface area contributed by atoms with Gasteiger partial charge in [-0.15, -0.1) is 0 Å². The van der Waals surface area contributed by atoms with E-state index in [1.807, 2.05) is 19.9 Å². The van der Waals surface area contributed by atoms with Crippen molar-refractivity contribution in [2.45, 2.75) is 99.7 Å². The molecule has 0 unspecified atom stereocenters. The lowest BCUT2D eigenvalue weighted by Crippen LogP contribution is -2.41. The van der Waals surface area contributed by atoms with Gasteiger partial charge in [-0.3, -0.25) is 0 Å². The van der Waals surface area contributed by atoms with Crippen LogP contribution in [-0.2, 0) is 9.31 Å². The molecule has 1 aliphatic heterocycles. The molecule has 1 saturated heterocycles. The molecule has 0 bridgehead atoms. The summed E-state index contributed by atoms with van der Waals surface area (Å²) in [4.78, 5) is 0. The third kappa shape index (κ3) is 8.66. The summed E-state index contributed by atoms with van der Waals surface area (Å²) in [6.07, 6.45) is 3.89. The molecule has 2 aromatic carbocycles. The molecule has 1 fully saturated rings. The quantitative estimate of drug-likeness (QED) is 0.477. The SMILES string of the molecule is CC.CC1(C)OB(c2cccc(-c3ccccc3)c2)OC1(C)C.CCC.CCCC. The second kappa shape index (κ2) is 14.4. The smallest absolute Gasteiger partial charge is 0.399 e. The molecule has 0 atom stereocenters. The minimum atomic E-state index is -0.307. The highest BCUT2D eigenvalue weighted by Crippen LogP contribution is 2.36. The first kappa shape index (κ1) is 28.4. The molecule has 3 heteroatoms.